The molecular weight excluding hydrogens is 467 g/mol. The number of benzene rings is 2. The number of carbonyl (C=O) groups is 1. The van der Waals surface area contributed by atoms with Crippen molar-refractivity contribution in [2.24, 2.45) is 0 Å². The zero-order chi connectivity index (χ0) is 25.5. The van der Waals surface area contributed by atoms with Crippen molar-refractivity contribution >= 4 is 22.9 Å². The van der Waals surface area contributed by atoms with Crippen LogP contribution in [0.25, 0.3) is 17.0 Å². The maximum atomic E-state index is 15.4. The van der Waals surface area contributed by atoms with Crippen LogP contribution in [0.2, 0.25) is 0 Å². The molecule has 0 saturated heterocycles. The maximum Gasteiger partial charge on any atom is 0.412 e. The van der Waals surface area contributed by atoms with Gasteiger partial charge in [-0.3, -0.25) is 4.90 Å². The number of carboxylic acid groups (broad SMARTS) is 1. The Hall–Kier alpha value is -3.46. The Kier molecular flexibility index (Phi) is 6.55. The van der Waals surface area contributed by atoms with Gasteiger partial charge in [-0.15, -0.1) is 0 Å². The van der Waals surface area contributed by atoms with Crippen LogP contribution in [-0.2, 0) is 11.2 Å². The quantitative estimate of drug-likeness (QED) is 0.239. The second-order valence-electron chi connectivity index (χ2n) is 8.68. The molecule has 0 unspecified atom stereocenters. The van der Waals surface area contributed by atoms with Crippen LogP contribution in [0.4, 0.5) is 22.0 Å². The summed E-state index contributed by atoms with van der Waals surface area (Å²) in [4.78, 5) is 15.7. The van der Waals surface area contributed by atoms with Crippen LogP contribution >= 0.6 is 0 Å². The number of para-hydroxylation sites is 1. The molecule has 35 heavy (non-hydrogen) atoms. The van der Waals surface area contributed by atoms with E-state index in [4.69, 9.17) is 5.11 Å². The number of carboxylic acids is 1. The van der Waals surface area contributed by atoms with Crippen molar-refractivity contribution in [3.8, 4) is 0 Å². The first-order valence-electron chi connectivity index (χ1n) is 11.0. The smallest absolute Gasteiger partial charge is 0.412 e. The molecule has 0 spiro atoms. The van der Waals surface area contributed by atoms with Gasteiger partial charge < -0.3 is 10.1 Å². The highest BCUT2D eigenvalue weighted by atomic mass is 19.4. The lowest BCUT2D eigenvalue weighted by atomic mass is 9.87. The number of nitrogens with zero attached hydrogens (tertiary/aromatic N) is 1. The van der Waals surface area contributed by atoms with Gasteiger partial charge in [0.25, 0.3) is 0 Å². The minimum atomic E-state index is -4.56. The molecule has 2 aromatic carbocycles. The Morgan fingerprint density at radius 2 is 1.89 bits per heavy atom. The highest BCUT2D eigenvalue weighted by molar-refractivity contribution is 5.86. The number of aromatic amines is 1. The van der Waals surface area contributed by atoms with Crippen molar-refractivity contribution in [2.75, 3.05) is 6.54 Å². The Morgan fingerprint density at radius 3 is 2.51 bits per heavy atom. The number of fused-ring (bicyclic) bond motifs is 3. The molecule has 9 heteroatoms. The lowest BCUT2D eigenvalue weighted by molar-refractivity contribution is -0.131. The summed E-state index contributed by atoms with van der Waals surface area (Å²) in [6.07, 6.45) is -2.66. The van der Waals surface area contributed by atoms with Crippen molar-refractivity contribution in [1.29, 1.82) is 0 Å². The fourth-order valence-electron chi connectivity index (χ4n) is 4.70. The molecule has 1 aromatic heterocycles. The first-order valence-corrected chi connectivity index (χ1v) is 11.0. The van der Waals surface area contributed by atoms with Gasteiger partial charge in [0, 0.05) is 46.4 Å². The number of hydrogen-bond acceptors (Lipinski definition) is 2. The summed E-state index contributed by atoms with van der Waals surface area (Å²) in [6.45, 7) is 4.83. The standard InChI is InChI=1S/C26H23F5N2O2/c1-14(26(29,30)31)9-10-33-15(2)11-18-17-5-3-4-6-21(17)32-24(18)25(33)23-19(27)12-16(13-20(23)28)7-8-22(34)35/h3-8,12-13,15,25,32H,1,9-11H2,2H3,(H,34,35)/b8-7+/t15-,25-/m0/s1. The number of nitrogens with one attached hydrogen (secondary N) is 1. The summed E-state index contributed by atoms with van der Waals surface area (Å²) in [7, 11) is 0. The van der Waals surface area contributed by atoms with E-state index in [1.54, 1.807) is 4.90 Å². The van der Waals surface area contributed by atoms with Gasteiger partial charge in [-0.25, -0.2) is 13.6 Å². The van der Waals surface area contributed by atoms with Crippen LogP contribution in [0.3, 0.4) is 0 Å². The second-order valence-corrected chi connectivity index (χ2v) is 8.68. The lowest BCUT2D eigenvalue weighted by Gasteiger charge is -2.41. The van der Waals surface area contributed by atoms with Crippen LogP contribution in [0.5, 0.6) is 0 Å². The summed E-state index contributed by atoms with van der Waals surface area (Å²) in [5.74, 6) is -3.11. The highest BCUT2D eigenvalue weighted by Gasteiger charge is 2.40. The Balaban J connectivity index is 1.84. The molecule has 1 aliphatic rings. The normalized spacial score (nSPS) is 18.8. The Morgan fingerprint density at radius 1 is 1.23 bits per heavy atom. The van der Waals surface area contributed by atoms with Crippen molar-refractivity contribution in [3.63, 3.8) is 0 Å². The molecule has 0 bridgehead atoms. The molecule has 184 valence electrons. The summed E-state index contributed by atoms with van der Waals surface area (Å²) in [6, 6.07) is 8.09. The topological polar surface area (TPSA) is 56.3 Å². The van der Waals surface area contributed by atoms with Gasteiger partial charge in [-0.05, 0) is 55.2 Å². The van der Waals surface area contributed by atoms with Crippen molar-refractivity contribution in [1.82, 2.24) is 9.88 Å². The SMILES string of the molecule is C=C(CCN1[C@@H](c2c(F)cc(/C=C/C(=O)O)cc2F)c2[nH]c3ccccc3c2C[C@@H]1C)C(F)(F)F. The van der Waals surface area contributed by atoms with Gasteiger partial charge in [0.1, 0.15) is 11.6 Å². The first-order chi connectivity index (χ1) is 16.5. The fraction of sp³-hybridized carbons (Fsp3) is 0.269. The van der Waals surface area contributed by atoms with Gasteiger partial charge in [-0.1, -0.05) is 24.8 Å². The number of aromatic nitrogens is 1. The first kappa shape index (κ1) is 24.7. The molecule has 2 N–H and O–H groups in total. The number of rotatable bonds is 6. The summed E-state index contributed by atoms with van der Waals surface area (Å²) in [5.41, 5.74) is 0.934. The second kappa shape index (κ2) is 9.30. The van der Waals surface area contributed by atoms with Crippen LogP contribution < -0.4 is 0 Å². The molecule has 3 aromatic rings. The van der Waals surface area contributed by atoms with Crippen LogP contribution in [0.1, 0.15) is 41.8 Å². The summed E-state index contributed by atoms with van der Waals surface area (Å²) >= 11 is 0. The van der Waals surface area contributed by atoms with Gasteiger partial charge in [0.15, 0.2) is 0 Å². The molecule has 0 saturated carbocycles. The minimum absolute atomic E-state index is 0.0175. The highest BCUT2D eigenvalue weighted by Crippen LogP contribution is 2.43. The molecule has 0 radical (unpaired) electrons. The molecule has 4 nitrogen and oxygen atoms in total. The molecule has 2 heterocycles. The average molecular weight is 490 g/mol. The van der Waals surface area contributed by atoms with Crippen LogP contribution in [0.15, 0.2) is 54.6 Å². The number of H-pyrrole nitrogens is 1. The fourth-order valence-corrected chi connectivity index (χ4v) is 4.70. The van der Waals surface area contributed by atoms with Gasteiger partial charge >= 0.3 is 12.1 Å². The van der Waals surface area contributed by atoms with E-state index in [0.717, 1.165) is 40.8 Å². The van der Waals surface area contributed by atoms with E-state index >= 15 is 8.78 Å². The Bertz CT molecular complexity index is 1300. The molecule has 1 aliphatic heterocycles. The van der Waals surface area contributed by atoms with Gasteiger partial charge in [-0.2, -0.15) is 13.2 Å². The molecule has 2 atom stereocenters. The summed E-state index contributed by atoms with van der Waals surface area (Å²) in [5, 5.41) is 9.69. The van der Waals surface area contributed by atoms with Gasteiger partial charge in [0.05, 0.1) is 6.04 Å². The summed E-state index contributed by atoms with van der Waals surface area (Å²) < 4.78 is 70.1. The third kappa shape index (κ3) is 4.86. The van der Waals surface area contributed by atoms with E-state index < -0.39 is 41.8 Å². The largest absolute Gasteiger partial charge is 0.478 e. The molecule has 0 amide bonds. The third-order valence-corrected chi connectivity index (χ3v) is 6.38. The molecule has 0 aliphatic carbocycles. The van der Waals surface area contributed by atoms with Crippen LogP contribution in [-0.4, -0.2) is 39.7 Å². The third-order valence-electron chi connectivity index (χ3n) is 6.38. The maximum absolute atomic E-state index is 15.4. The van der Waals surface area contributed by atoms with Gasteiger partial charge in [0.2, 0.25) is 0 Å². The molecule has 4 rings (SSSR count). The van der Waals surface area contributed by atoms with Crippen LogP contribution in [0, 0.1) is 11.6 Å². The predicted octanol–water partition coefficient (Wildman–Crippen LogP) is 6.39. The average Bonchev–Trinajstić information content (AvgIpc) is 3.14. The van der Waals surface area contributed by atoms with Crippen molar-refractivity contribution < 1.29 is 31.9 Å². The molecular formula is C26H23F5N2O2. The van der Waals surface area contributed by atoms with E-state index in [1.807, 2.05) is 31.2 Å². The van der Waals surface area contributed by atoms with Crippen molar-refractivity contribution in [2.45, 2.75) is 38.0 Å². The van der Waals surface area contributed by atoms with Crippen molar-refractivity contribution in [3.05, 3.63) is 88.6 Å². The van der Waals surface area contributed by atoms with E-state index in [1.165, 1.54) is 0 Å². The number of hydrogen-bond donors (Lipinski definition) is 2. The monoisotopic (exact) mass is 490 g/mol. The minimum Gasteiger partial charge on any atom is -0.478 e. The number of aliphatic carboxylic acids is 1. The van der Waals surface area contributed by atoms with E-state index in [-0.39, 0.29) is 23.7 Å². The number of halogens is 5. The zero-order valence-corrected chi connectivity index (χ0v) is 18.8. The lowest BCUT2D eigenvalue weighted by Crippen LogP contribution is -2.44. The predicted molar refractivity (Wildman–Crippen MR) is 123 cm³/mol. The molecule has 0 fully saturated rings. The van der Waals surface area contributed by atoms with E-state index in [9.17, 15) is 18.0 Å². The van der Waals surface area contributed by atoms with E-state index in [2.05, 4.69) is 11.6 Å². The van der Waals surface area contributed by atoms with E-state index in [0.29, 0.717) is 12.1 Å². The Labute approximate surface area is 198 Å². The zero-order valence-electron chi connectivity index (χ0n) is 18.8. The number of alkyl halides is 3.